The van der Waals surface area contributed by atoms with Gasteiger partial charge in [0.15, 0.2) is 0 Å². The Labute approximate surface area is 155 Å². The predicted molar refractivity (Wildman–Crippen MR) is 94.1 cm³/mol. The number of amides is 1. The van der Waals surface area contributed by atoms with Crippen LogP contribution in [0.15, 0.2) is 30.5 Å². The van der Waals surface area contributed by atoms with Crippen LogP contribution in [0.5, 0.6) is 0 Å². The second-order valence-electron chi connectivity index (χ2n) is 6.05. The van der Waals surface area contributed by atoms with Crippen LogP contribution in [-0.4, -0.2) is 45.0 Å². The molecule has 9 heteroatoms. The van der Waals surface area contributed by atoms with Gasteiger partial charge in [0.05, 0.1) is 17.8 Å². The molecule has 7 nitrogen and oxygen atoms in total. The normalized spacial score (nSPS) is 13.2. The zero-order chi connectivity index (χ0) is 19.8. The number of carboxylic acid groups (broad SMARTS) is 1. The SMILES string of the molecule is CCc1nccc(CNC[C@@H](O)[C@H](Cc2cc(F)cc(F)c2)NC(=O)O)n1. The van der Waals surface area contributed by atoms with Crippen LogP contribution >= 0.6 is 0 Å². The van der Waals surface area contributed by atoms with Crippen molar-refractivity contribution in [3.05, 3.63) is 59.2 Å². The van der Waals surface area contributed by atoms with E-state index in [4.69, 9.17) is 5.11 Å². The maximum Gasteiger partial charge on any atom is 0.404 e. The van der Waals surface area contributed by atoms with Crippen molar-refractivity contribution in [2.75, 3.05) is 6.54 Å². The first kappa shape index (κ1) is 20.7. The fourth-order valence-electron chi connectivity index (χ4n) is 2.63. The van der Waals surface area contributed by atoms with Crippen LogP contribution in [0.25, 0.3) is 0 Å². The molecule has 4 N–H and O–H groups in total. The molecule has 0 unspecified atom stereocenters. The lowest BCUT2D eigenvalue weighted by molar-refractivity contribution is 0.117. The van der Waals surface area contributed by atoms with E-state index in [-0.39, 0.29) is 18.5 Å². The molecule has 27 heavy (non-hydrogen) atoms. The molecule has 1 amide bonds. The van der Waals surface area contributed by atoms with Gasteiger partial charge in [-0.1, -0.05) is 6.92 Å². The van der Waals surface area contributed by atoms with Crippen molar-refractivity contribution in [1.29, 1.82) is 0 Å². The van der Waals surface area contributed by atoms with Crippen molar-refractivity contribution in [2.45, 2.75) is 38.5 Å². The molecule has 0 aliphatic heterocycles. The summed E-state index contributed by atoms with van der Waals surface area (Å²) < 4.78 is 26.7. The Kier molecular flexibility index (Phi) is 7.56. The topological polar surface area (TPSA) is 107 Å². The fraction of sp³-hybridized carbons (Fsp3) is 0.389. The Morgan fingerprint density at radius 1 is 1.26 bits per heavy atom. The number of hydrogen-bond donors (Lipinski definition) is 4. The number of carbonyl (C=O) groups is 1. The number of aromatic nitrogens is 2. The molecule has 0 aliphatic carbocycles. The molecule has 2 aromatic rings. The van der Waals surface area contributed by atoms with Gasteiger partial charge in [0.1, 0.15) is 17.5 Å². The number of nitrogens with one attached hydrogen (secondary N) is 2. The monoisotopic (exact) mass is 380 g/mol. The summed E-state index contributed by atoms with van der Waals surface area (Å²) in [5.74, 6) is -0.822. The van der Waals surface area contributed by atoms with Gasteiger partial charge in [-0.15, -0.1) is 0 Å². The standard InChI is InChI=1S/C18H22F2N4O3/c1-2-17-22-4-3-14(23-17)9-21-10-16(25)15(24-18(26)27)7-11-5-12(19)8-13(20)6-11/h3-6,8,15-16,21,24-25H,2,7,9-10H2,1H3,(H,26,27)/t15-,16+/m0/s1. The third-order valence-electron chi connectivity index (χ3n) is 3.89. The summed E-state index contributed by atoms with van der Waals surface area (Å²) in [6.07, 6.45) is -0.158. The van der Waals surface area contributed by atoms with Crippen molar-refractivity contribution < 1.29 is 23.8 Å². The molecule has 1 aromatic carbocycles. The first-order chi connectivity index (χ1) is 12.9. The lowest BCUT2D eigenvalue weighted by atomic mass is 10.0. The van der Waals surface area contributed by atoms with E-state index in [1.165, 1.54) is 0 Å². The number of rotatable bonds is 9. The maximum atomic E-state index is 13.3. The van der Waals surface area contributed by atoms with Crippen molar-refractivity contribution in [2.24, 2.45) is 0 Å². The van der Waals surface area contributed by atoms with E-state index in [2.05, 4.69) is 20.6 Å². The molecule has 146 valence electrons. The van der Waals surface area contributed by atoms with Crippen molar-refractivity contribution >= 4 is 6.09 Å². The highest BCUT2D eigenvalue weighted by Crippen LogP contribution is 2.12. The van der Waals surface area contributed by atoms with Crippen LogP contribution in [0, 0.1) is 11.6 Å². The highest BCUT2D eigenvalue weighted by atomic mass is 19.1. The smallest absolute Gasteiger partial charge is 0.404 e. The number of nitrogens with zero attached hydrogens (tertiary/aromatic N) is 2. The minimum absolute atomic E-state index is 0.0582. The minimum Gasteiger partial charge on any atom is -0.465 e. The summed E-state index contributed by atoms with van der Waals surface area (Å²) in [6.45, 7) is 2.36. The summed E-state index contributed by atoms with van der Waals surface area (Å²) in [5.41, 5.74) is 0.984. The average Bonchev–Trinajstić information content (AvgIpc) is 2.60. The highest BCUT2D eigenvalue weighted by molar-refractivity contribution is 5.65. The number of aliphatic hydroxyl groups excluding tert-OH is 1. The number of aliphatic hydroxyl groups is 1. The van der Waals surface area contributed by atoms with Crippen molar-refractivity contribution in [3.8, 4) is 0 Å². The molecule has 1 aromatic heterocycles. The molecule has 1 heterocycles. The van der Waals surface area contributed by atoms with Gasteiger partial charge < -0.3 is 20.8 Å². The van der Waals surface area contributed by atoms with E-state index >= 15 is 0 Å². The van der Waals surface area contributed by atoms with Gasteiger partial charge >= 0.3 is 6.09 Å². The van der Waals surface area contributed by atoms with E-state index < -0.39 is 29.9 Å². The number of hydrogen-bond acceptors (Lipinski definition) is 5. The molecule has 2 atom stereocenters. The molecule has 2 rings (SSSR count). The first-order valence-corrected chi connectivity index (χ1v) is 8.51. The number of aryl methyl sites for hydroxylation is 1. The van der Waals surface area contributed by atoms with Crippen LogP contribution in [0.2, 0.25) is 0 Å². The highest BCUT2D eigenvalue weighted by Gasteiger charge is 2.22. The second kappa shape index (κ2) is 9.89. The van der Waals surface area contributed by atoms with E-state index in [0.717, 1.165) is 23.9 Å². The Morgan fingerprint density at radius 3 is 2.59 bits per heavy atom. The van der Waals surface area contributed by atoms with Gasteiger partial charge in [-0.2, -0.15) is 0 Å². The Morgan fingerprint density at radius 2 is 1.96 bits per heavy atom. The zero-order valence-electron chi connectivity index (χ0n) is 14.8. The van der Waals surface area contributed by atoms with Crippen LogP contribution in [-0.2, 0) is 19.4 Å². The summed E-state index contributed by atoms with van der Waals surface area (Å²) >= 11 is 0. The van der Waals surface area contributed by atoms with Crippen LogP contribution in [0.1, 0.15) is 24.0 Å². The summed E-state index contributed by atoms with van der Waals surface area (Å²) in [6, 6.07) is 3.74. The molecule has 0 fully saturated rings. The third kappa shape index (κ3) is 6.87. The quantitative estimate of drug-likeness (QED) is 0.527. The average molecular weight is 380 g/mol. The Bertz CT molecular complexity index is 756. The Balaban J connectivity index is 1.96. The van der Waals surface area contributed by atoms with Gasteiger partial charge in [-0.25, -0.2) is 23.5 Å². The molecule has 0 aliphatic rings. The lowest BCUT2D eigenvalue weighted by Crippen LogP contribution is -2.48. The second-order valence-corrected chi connectivity index (χ2v) is 6.05. The number of halogens is 2. The van der Waals surface area contributed by atoms with Crippen LogP contribution in [0.4, 0.5) is 13.6 Å². The van der Waals surface area contributed by atoms with Gasteiger partial charge in [0.2, 0.25) is 0 Å². The minimum atomic E-state index is -1.33. The third-order valence-corrected chi connectivity index (χ3v) is 3.89. The van der Waals surface area contributed by atoms with E-state index in [9.17, 15) is 18.7 Å². The number of benzene rings is 1. The predicted octanol–water partition coefficient (Wildman–Crippen LogP) is 1.65. The van der Waals surface area contributed by atoms with Gasteiger partial charge in [-0.05, 0) is 30.2 Å². The molecular weight excluding hydrogens is 358 g/mol. The summed E-state index contributed by atoms with van der Waals surface area (Å²) in [7, 11) is 0. The van der Waals surface area contributed by atoms with E-state index in [1.807, 2.05) is 6.92 Å². The fourth-order valence-corrected chi connectivity index (χ4v) is 2.63. The van der Waals surface area contributed by atoms with Crippen molar-refractivity contribution in [1.82, 2.24) is 20.6 Å². The molecule has 0 radical (unpaired) electrons. The van der Waals surface area contributed by atoms with E-state index in [0.29, 0.717) is 18.8 Å². The summed E-state index contributed by atoms with van der Waals surface area (Å²) in [5, 5.41) is 24.5. The molecular formula is C18H22F2N4O3. The van der Waals surface area contributed by atoms with Crippen LogP contribution < -0.4 is 10.6 Å². The van der Waals surface area contributed by atoms with Gasteiger partial charge in [0.25, 0.3) is 0 Å². The van der Waals surface area contributed by atoms with E-state index in [1.54, 1.807) is 12.3 Å². The van der Waals surface area contributed by atoms with Crippen molar-refractivity contribution in [3.63, 3.8) is 0 Å². The molecule has 0 bridgehead atoms. The van der Waals surface area contributed by atoms with Crippen LogP contribution in [0.3, 0.4) is 0 Å². The largest absolute Gasteiger partial charge is 0.465 e. The Hall–Kier alpha value is -2.65. The summed E-state index contributed by atoms with van der Waals surface area (Å²) in [4.78, 5) is 19.4. The molecule has 0 saturated carbocycles. The first-order valence-electron chi connectivity index (χ1n) is 8.51. The molecule has 0 spiro atoms. The van der Waals surface area contributed by atoms with Gasteiger partial charge in [-0.3, -0.25) is 0 Å². The maximum absolute atomic E-state index is 13.3. The van der Waals surface area contributed by atoms with Gasteiger partial charge in [0, 0.05) is 31.8 Å². The zero-order valence-corrected chi connectivity index (χ0v) is 14.8. The lowest BCUT2D eigenvalue weighted by Gasteiger charge is -2.23. The molecule has 0 saturated heterocycles.